The van der Waals surface area contributed by atoms with Crippen LogP contribution in [0.5, 0.6) is 0 Å². The molecule has 3 rings (SSSR count). The number of aromatic nitrogens is 1. The molecule has 0 atom stereocenters. The van der Waals surface area contributed by atoms with Crippen LogP contribution in [0.3, 0.4) is 0 Å². The summed E-state index contributed by atoms with van der Waals surface area (Å²) < 4.78 is 2.51. The number of para-hydroxylation sites is 1. The zero-order valence-electron chi connectivity index (χ0n) is 14.0. The summed E-state index contributed by atoms with van der Waals surface area (Å²) in [6.45, 7) is 5.47. The molecular formula is C19H18BrClN2O2. The molecule has 25 heavy (non-hydrogen) atoms. The number of hydrogen-bond donors (Lipinski definition) is 1. The van der Waals surface area contributed by atoms with E-state index in [1.807, 2.05) is 56.3 Å². The predicted molar refractivity (Wildman–Crippen MR) is 107 cm³/mol. The summed E-state index contributed by atoms with van der Waals surface area (Å²) in [6, 6.07) is 13.2. The molecule has 1 N–H and O–H groups in total. The van der Waals surface area contributed by atoms with Crippen LogP contribution in [0.2, 0.25) is 5.02 Å². The van der Waals surface area contributed by atoms with E-state index in [-0.39, 0.29) is 5.69 Å². The van der Waals surface area contributed by atoms with E-state index in [2.05, 4.69) is 20.8 Å². The number of carboxylic acid groups (broad SMARTS) is 1. The number of nitrogens with zero attached hydrogens (tertiary/aromatic N) is 2. The van der Waals surface area contributed by atoms with Crippen molar-refractivity contribution < 1.29 is 9.90 Å². The van der Waals surface area contributed by atoms with Crippen LogP contribution in [-0.2, 0) is 0 Å². The molecule has 4 nitrogen and oxygen atoms in total. The Kier molecular flexibility index (Phi) is 5.06. The van der Waals surface area contributed by atoms with E-state index >= 15 is 0 Å². The van der Waals surface area contributed by atoms with Crippen LogP contribution >= 0.6 is 27.5 Å². The van der Waals surface area contributed by atoms with Gasteiger partial charge in [0.05, 0.1) is 16.2 Å². The van der Waals surface area contributed by atoms with Crippen molar-refractivity contribution in [1.29, 1.82) is 0 Å². The number of carbonyl (C=O) groups is 1. The van der Waals surface area contributed by atoms with Crippen LogP contribution in [0, 0.1) is 0 Å². The number of aromatic carboxylic acids is 1. The molecule has 0 fully saturated rings. The summed E-state index contributed by atoms with van der Waals surface area (Å²) in [6.07, 6.45) is 0. The Labute approximate surface area is 159 Å². The highest BCUT2D eigenvalue weighted by Crippen LogP contribution is 2.40. The molecule has 0 spiro atoms. The zero-order chi connectivity index (χ0) is 18.1. The van der Waals surface area contributed by atoms with Crippen LogP contribution in [-0.4, -0.2) is 28.7 Å². The van der Waals surface area contributed by atoms with Gasteiger partial charge in [0.15, 0.2) is 5.69 Å². The molecule has 6 heteroatoms. The first-order chi connectivity index (χ1) is 12.0. The monoisotopic (exact) mass is 420 g/mol. The Bertz CT molecular complexity index is 934. The SMILES string of the molecule is CCN(CC)c1c(C(=O)O)n(-c2ccccc2)c2cc(Cl)c(Br)cc12. The van der Waals surface area contributed by atoms with Gasteiger partial charge in [0, 0.05) is 28.6 Å². The number of anilines is 1. The minimum absolute atomic E-state index is 0.249. The van der Waals surface area contributed by atoms with E-state index in [0.29, 0.717) is 23.8 Å². The second-order valence-corrected chi connectivity index (χ2v) is 6.89. The van der Waals surface area contributed by atoms with Crippen molar-refractivity contribution >= 4 is 50.1 Å². The number of hydrogen-bond acceptors (Lipinski definition) is 2. The molecule has 130 valence electrons. The second kappa shape index (κ2) is 7.10. The van der Waals surface area contributed by atoms with Gasteiger partial charge in [0.25, 0.3) is 0 Å². The van der Waals surface area contributed by atoms with Gasteiger partial charge in [-0.3, -0.25) is 0 Å². The fraction of sp³-hybridized carbons (Fsp3) is 0.211. The average molecular weight is 422 g/mol. The van der Waals surface area contributed by atoms with Gasteiger partial charge >= 0.3 is 5.97 Å². The van der Waals surface area contributed by atoms with E-state index in [0.717, 1.165) is 21.1 Å². The fourth-order valence-corrected chi connectivity index (χ4v) is 3.67. The van der Waals surface area contributed by atoms with E-state index < -0.39 is 5.97 Å². The van der Waals surface area contributed by atoms with Gasteiger partial charge in [-0.25, -0.2) is 4.79 Å². The van der Waals surface area contributed by atoms with Gasteiger partial charge in [0.2, 0.25) is 0 Å². The Morgan fingerprint density at radius 3 is 2.40 bits per heavy atom. The smallest absolute Gasteiger partial charge is 0.355 e. The molecule has 0 unspecified atom stereocenters. The molecule has 0 saturated heterocycles. The van der Waals surface area contributed by atoms with Gasteiger partial charge in [0.1, 0.15) is 0 Å². The lowest BCUT2D eigenvalue weighted by Crippen LogP contribution is -2.24. The normalized spacial score (nSPS) is 11.0. The lowest BCUT2D eigenvalue weighted by molar-refractivity contribution is 0.0689. The summed E-state index contributed by atoms with van der Waals surface area (Å²) >= 11 is 9.78. The summed E-state index contributed by atoms with van der Waals surface area (Å²) in [4.78, 5) is 14.3. The summed E-state index contributed by atoms with van der Waals surface area (Å²) in [5, 5.41) is 11.4. The first-order valence-electron chi connectivity index (χ1n) is 8.06. The third kappa shape index (κ3) is 3.02. The Balaban J connectivity index is 2.51. The minimum atomic E-state index is -0.964. The molecule has 1 aromatic heterocycles. The van der Waals surface area contributed by atoms with Crippen LogP contribution in [0.4, 0.5) is 5.69 Å². The highest BCUT2D eigenvalue weighted by Gasteiger charge is 2.27. The molecule has 0 aliphatic carbocycles. The van der Waals surface area contributed by atoms with Gasteiger partial charge in [-0.05, 0) is 54.0 Å². The predicted octanol–water partition coefficient (Wildman–Crippen LogP) is 5.59. The second-order valence-electron chi connectivity index (χ2n) is 5.63. The third-order valence-corrected chi connectivity index (χ3v) is 5.48. The summed E-state index contributed by atoms with van der Waals surface area (Å²) in [7, 11) is 0. The Morgan fingerprint density at radius 2 is 1.84 bits per heavy atom. The van der Waals surface area contributed by atoms with E-state index in [4.69, 9.17) is 11.6 Å². The lowest BCUT2D eigenvalue weighted by Gasteiger charge is -2.21. The number of rotatable bonds is 5. The zero-order valence-corrected chi connectivity index (χ0v) is 16.3. The topological polar surface area (TPSA) is 45.5 Å². The standard InChI is InChI=1S/C19H18BrClN2O2/c1-3-22(4-2)17-13-10-14(20)15(21)11-16(13)23(18(17)19(24)25)12-8-6-5-7-9-12/h5-11H,3-4H2,1-2H3,(H,24,25). The molecule has 0 saturated carbocycles. The van der Waals surface area contributed by atoms with E-state index in [1.54, 1.807) is 4.57 Å². The molecule has 0 bridgehead atoms. The van der Waals surface area contributed by atoms with Gasteiger partial charge in [-0.1, -0.05) is 29.8 Å². The molecule has 2 aromatic carbocycles. The largest absolute Gasteiger partial charge is 0.476 e. The molecule has 0 radical (unpaired) electrons. The first kappa shape index (κ1) is 17.8. The molecule has 0 amide bonds. The maximum atomic E-state index is 12.2. The van der Waals surface area contributed by atoms with Crippen molar-refractivity contribution in [2.75, 3.05) is 18.0 Å². The van der Waals surface area contributed by atoms with Crippen molar-refractivity contribution in [3.63, 3.8) is 0 Å². The third-order valence-electron chi connectivity index (χ3n) is 4.28. The maximum absolute atomic E-state index is 12.2. The van der Waals surface area contributed by atoms with Gasteiger partial charge in [-0.2, -0.15) is 0 Å². The number of halogens is 2. The van der Waals surface area contributed by atoms with Crippen molar-refractivity contribution in [2.24, 2.45) is 0 Å². The summed E-state index contributed by atoms with van der Waals surface area (Å²) in [5.41, 5.74) is 2.54. The van der Waals surface area contributed by atoms with Crippen LogP contribution in [0.25, 0.3) is 16.6 Å². The Hall–Kier alpha value is -1.98. The van der Waals surface area contributed by atoms with Gasteiger partial charge in [-0.15, -0.1) is 0 Å². The first-order valence-corrected chi connectivity index (χ1v) is 9.23. The quantitative estimate of drug-likeness (QED) is 0.584. The van der Waals surface area contributed by atoms with Crippen molar-refractivity contribution in [3.8, 4) is 5.69 Å². The molecule has 3 aromatic rings. The van der Waals surface area contributed by atoms with Crippen molar-refractivity contribution in [1.82, 2.24) is 4.57 Å². The molecule has 1 heterocycles. The molecule has 0 aliphatic heterocycles. The average Bonchev–Trinajstić information content (AvgIpc) is 2.92. The molecular weight excluding hydrogens is 404 g/mol. The number of carboxylic acids is 1. The van der Waals surface area contributed by atoms with Gasteiger partial charge < -0.3 is 14.6 Å². The highest BCUT2D eigenvalue weighted by molar-refractivity contribution is 9.10. The maximum Gasteiger partial charge on any atom is 0.355 e. The minimum Gasteiger partial charge on any atom is -0.476 e. The van der Waals surface area contributed by atoms with Crippen molar-refractivity contribution in [3.05, 3.63) is 57.7 Å². The Morgan fingerprint density at radius 1 is 1.20 bits per heavy atom. The molecule has 0 aliphatic rings. The van der Waals surface area contributed by atoms with Crippen LogP contribution in [0.1, 0.15) is 24.3 Å². The van der Waals surface area contributed by atoms with E-state index in [9.17, 15) is 9.90 Å². The summed E-state index contributed by atoms with van der Waals surface area (Å²) in [5.74, 6) is -0.964. The van der Waals surface area contributed by atoms with Crippen LogP contribution in [0.15, 0.2) is 46.9 Å². The fourth-order valence-electron chi connectivity index (χ4n) is 3.17. The van der Waals surface area contributed by atoms with E-state index in [1.165, 1.54) is 0 Å². The lowest BCUT2D eigenvalue weighted by atomic mass is 10.2. The number of benzene rings is 2. The highest BCUT2D eigenvalue weighted by atomic mass is 79.9. The van der Waals surface area contributed by atoms with Crippen molar-refractivity contribution in [2.45, 2.75) is 13.8 Å². The van der Waals surface area contributed by atoms with Crippen LogP contribution < -0.4 is 4.90 Å². The number of fused-ring (bicyclic) bond motifs is 1.